The summed E-state index contributed by atoms with van der Waals surface area (Å²) in [5, 5.41) is 4.15. The van der Waals surface area contributed by atoms with Crippen molar-refractivity contribution in [3.05, 3.63) is 30.2 Å². The highest BCUT2D eigenvalue weighted by Gasteiger charge is 2.25. The summed E-state index contributed by atoms with van der Waals surface area (Å²) >= 11 is 0. The molecule has 0 aromatic carbocycles. The summed E-state index contributed by atoms with van der Waals surface area (Å²) in [4.78, 5) is 18.2. The highest BCUT2D eigenvalue weighted by Crippen LogP contribution is 2.26. The van der Waals surface area contributed by atoms with Crippen LogP contribution in [0.4, 0.5) is 5.82 Å². The van der Waals surface area contributed by atoms with Gasteiger partial charge in [-0.1, -0.05) is 0 Å². The van der Waals surface area contributed by atoms with E-state index < -0.39 is 0 Å². The molecule has 1 saturated heterocycles. The number of hydrogen-bond acceptors (Lipinski definition) is 5. The summed E-state index contributed by atoms with van der Waals surface area (Å²) in [7, 11) is 1.86. The van der Waals surface area contributed by atoms with E-state index in [1.54, 1.807) is 17.1 Å². The lowest BCUT2D eigenvalue weighted by molar-refractivity contribution is -0.00549. The molecule has 2 atom stereocenters. The first-order valence-corrected chi connectivity index (χ1v) is 7.41. The summed E-state index contributed by atoms with van der Waals surface area (Å²) in [5.74, 6) is 0.727. The number of ether oxygens (including phenoxy) is 1. The number of aldehydes is 1. The van der Waals surface area contributed by atoms with Crippen molar-refractivity contribution >= 4 is 12.1 Å². The molecule has 0 N–H and O–H groups in total. The average Bonchev–Trinajstić information content (AvgIpc) is 2.92. The fourth-order valence-corrected chi connectivity index (χ4v) is 2.90. The van der Waals surface area contributed by atoms with Crippen molar-refractivity contribution in [3.63, 3.8) is 0 Å². The predicted molar refractivity (Wildman–Crippen MR) is 84.0 cm³/mol. The maximum atomic E-state index is 11.5. The topological polar surface area (TPSA) is 60.2 Å². The van der Waals surface area contributed by atoms with Crippen LogP contribution in [0.15, 0.2) is 24.7 Å². The second-order valence-corrected chi connectivity index (χ2v) is 5.82. The molecule has 1 fully saturated rings. The Labute approximate surface area is 129 Å². The molecule has 116 valence electrons. The van der Waals surface area contributed by atoms with E-state index in [1.807, 2.05) is 33.2 Å². The molecule has 0 amide bonds. The summed E-state index contributed by atoms with van der Waals surface area (Å²) in [6.07, 6.45) is 6.59. The van der Waals surface area contributed by atoms with Crippen molar-refractivity contribution in [1.82, 2.24) is 14.8 Å². The molecule has 2 unspecified atom stereocenters. The van der Waals surface area contributed by atoms with Crippen LogP contribution in [-0.4, -0.2) is 46.3 Å². The zero-order valence-corrected chi connectivity index (χ0v) is 13.1. The van der Waals surface area contributed by atoms with Crippen LogP contribution in [0.3, 0.4) is 0 Å². The Bertz CT molecular complexity index is 673. The third-order valence-electron chi connectivity index (χ3n) is 3.78. The molecule has 1 aliphatic heterocycles. The van der Waals surface area contributed by atoms with Crippen LogP contribution in [0, 0.1) is 0 Å². The minimum absolute atomic E-state index is 0.128. The van der Waals surface area contributed by atoms with Crippen LogP contribution in [0.25, 0.3) is 11.1 Å². The lowest BCUT2D eigenvalue weighted by atomic mass is 10.1. The second kappa shape index (κ2) is 5.88. The third-order valence-corrected chi connectivity index (χ3v) is 3.78. The Kier molecular flexibility index (Phi) is 3.94. The molecule has 0 aliphatic carbocycles. The number of nitrogens with zero attached hydrogens (tertiary/aromatic N) is 4. The molecule has 0 saturated carbocycles. The highest BCUT2D eigenvalue weighted by molar-refractivity contribution is 5.85. The molecule has 6 heteroatoms. The molecule has 2 aromatic rings. The van der Waals surface area contributed by atoms with Crippen molar-refractivity contribution in [2.75, 3.05) is 18.0 Å². The maximum absolute atomic E-state index is 11.5. The molecule has 0 spiro atoms. The number of aryl methyl sites for hydroxylation is 1. The van der Waals surface area contributed by atoms with Crippen molar-refractivity contribution in [1.29, 1.82) is 0 Å². The van der Waals surface area contributed by atoms with Crippen LogP contribution < -0.4 is 4.90 Å². The zero-order valence-electron chi connectivity index (χ0n) is 13.1. The first kappa shape index (κ1) is 14.7. The summed E-state index contributed by atoms with van der Waals surface area (Å²) in [5.41, 5.74) is 2.45. The molecule has 3 rings (SSSR count). The van der Waals surface area contributed by atoms with Gasteiger partial charge < -0.3 is 9.64 Å². The van der Waals surface area contributed by atoms with Gasteiger partial charge in [0.25, 0.3) is 0 Å². The van der Waals surface area contributed by atoms with Crippen LogP contribution in [-0.2, 0) is 11.8 Å². The molecule has 1 aliphatic rings. The van der Waals surface area contributed by atoms with E-state index in [4.69, 9.17) is 4.74 Å². The van der Waals surface area contributed by atoms with Gasteiger partial charge in [-0.25, -0.2) is 4.98 Å². The first-order chi connectivity index (χ1) is 10.6. The van der Waals surface area contributed by atoms with Crippen molar-refractivity contribution in [3.8, 4) is 11.1 Å². The first-order valence-electron chi connectivity index (χ1n) is 7.41. The monoisotopic (exact) mass is 300 g/mol. The van der Waals surface area contributed by atoms with Gasteiger partial charge >= 0.3 is 0 Å². The molecule has 6 nitrogen and oxygen atoms in total. The van der Waals surface area contributed by atoms with E-state index >= 15 is 0 Å². The van der Waals surface area contributed by atoms with Crippen molar-refractivity contribution in [2.45, 2.75) is 26.1 Å². The zero-order chi connectivity index (χ0) is 15.7. The Hall–Kier alpha value is -2.21. The molecule has 0 radical (unpaired) electrons. The second-order valence-electron chi connectivity index (χ2n) is 5.82. The van der Waals surface area contributed by atoms with E-state index in [0.29, 0.717) is 5.56 Å². The largest absolute Gasteiger partial charge is 0.372 e. The Balaban J connectivity index is 1.94. The van der Waals surface area contributed by atoms with Crippen LogP contribution in [0.5, 0.6) is 0 Å². The normalized spacial score (nSPS) is 21.9. The third kappa shape index (κ3) is 2.87. The number of aromatic nitrogens is 3. The van der Waals surface area contributed by atoms with Gasteiger partial charge in [-0.15, -0.1) is 0 Å². The number of carbonyl (C=O) groups excluding carboxylic acids is 1. The van der Waals surface area contributed by atoms with E-state index in [-0.39, 0.29) is 12.2 Å². The number of anilines is 1. The minimum atomic E-state index is 0.128. The molecule has 2 aromatic heterocycles. The smallest absolute Gasteiger partial charge is 0.153 e. The Morgan fingerprint density at radius 2 is 1.95 bits per heavy atom. The number of hydrogen-bond donors (Lipinski definition) is 0. The van der Waals surface area contributed by atoms with Gasteiger partial charge in [0, 0.05) is 43.7 Å². The van der Waals surface area contributed by atoms with Gasteiger partial charge in [-0.05, 0) is 19.9 Å². The molecule has 0 bridgehead atoms. The van der Waals surface area contributed by atoms with Crippen LogP contribution in [0.1, 0.15) is 24.2 Å². The molecule has 22 heavy (non-hydrogen) atoms. The predicted octanol–water partition coefficient (Wildman–Crippen LogP) is 1.91. The summed E-state index contributed by atoms with van der Waals surface area (Å²) in [6.45, 7) is 5.55. The maximum Gasteiger partial charge on any atom is 0.153 e. The van der Waals surface area contributed by atoms with Crippen LogP contribution in [0.2, 0.25) is 0 Å². The number of carbonyl (C=O) groups is 1. The number of pyridine rings is 1. The van der Waals surface area contributed by atoms with Gasteiger partial charge in [-0.3, -0.25) is 9.48 Å². The van der Waals surface area contributed by atoms with E-state index in [2.05, 4.69) is 15.0 Å². The average molecular weight is 300 g/mol. The van der Waals surface area contributed by atoms with Gasteiger partial charge in [0.15, 0.2) is 6.29 Å². The fraction of sp³-hybridized carbons (Fsp3) is 0.438. The van der Waals surface area contributed by atoms with E-state index in [9.17, 15) is 4.79 Å². The van der Waals surface area contributed by atoms with Gasteiger partial charge in [0.05, 0.1) is 24.0 Å². The van der Waals surface area contributed by atoms with E-state index in [0.717, 1.165) is 36.3 Å². The Morgan fingerprint density at radius 1 is 1.23 bits per heavy atom. The molecule has 3 heterocycles. The number of rotatable bonds is 3. The van der Waals surface area contributed by atoms with Crippen LogP contribution >= 0.6 is 0 Å². The lowest BCUT2D eigenvalue weighted by Crippen LogP contribution is -2.46. The van der Waals surface area contributed by atoms with E-state index in [1.165, 1.54) is 0 Å². The van der Waals surface area contributed by atoms with Crippen molar-refractivity contribution in [2.24, 2.45) is 7.05 Å². The fourth-order valence-electron chi connectivity index (χ4n) is 2.90. The lowest BCUT2D eigenvalue weighted by Gasteiger charge is -2.36. The summed E-state index contributed by atoms with van der Waals surface area (Å²) < 4.78 is 7.47. The van der Waals surface area contributed by atoms with Gasteiger partial charge in [-0.2, -0.15) is 5.10 Å². The highest BCUT2D eigenvalue weighted by atomic mass is 16.5. The van der Waals surface area contributed by atoms with Gasteiger partial charge in [0.2, 0.25) is 0 Å². The minimum Gasteiger partial charge on any atom is -0.372 e. The van der Waals surface area contributed by atoms with Crippen molar-refractivity contribution < 1.29 is 9.53 Å². The van der Waals surface area contributed by atoms with Gasteiger partial charge in [0.1, 0.15) is 5.82 Å². The number of morpholine rings is 1. The Morgan fingerprint density at radius 3 is 2.55 bits per heavy atom. The molecular formula is C16H20N4O2. The standard InChI is InChI=1S/C16H20N4O2/c1-11-7-20(8-12(2)22-11)16-14(10-21)4-13(5-17-16)15-6-18-19(3)9-15/h4-6,9-12H,7-8H2,1-3H3. The quantitative estimate of drug-likeness (QED) is 0.810. The summed E-state index contributed by atoms with van der Waals surface area (Å²) in [6, 6.07) is 1.87. The SMILES string of the molecule is CC1CN(c2ncc(-c3cnn(C)c3)cc2C=O)CC(C)O1. The molecular weight excluding hydrogens is 280 g/mol.